The van der Waals surface area contributed by atoms with Crippen LogP contribution in [-0.4, -0.2) is 18.5 Å². The van der Waals surface area contributed by atoms with Crippen molar-refractivity contribution in [2.75, 3.05) is 12.8 Å². The van der Waals surface area contributed by atoms with Gasteiger partial charge in [-0.2, -0.15) is 0 Å². The second-order valence-electron chi connectivity index (χ2n) is 6.51. The van der Waals surface area contributed by atoms with Crippen LogP contribution in [0, 0.1) is 23.2 Å². The highest BCUT2D eigenvalue weighted by Gasteiger charge is 2.61. The van der Waals surface area contributed by atoms with E-state index < -0.39 is 7.14 Å². The first-order valence-electron chi connectivity index (χ1n) is 5.99. The SMILES string of the molecule is CC1(C)C2CC1C1CCP(C)(=O)C1C2. The highest BCUT2D eigenvalue weighted by molar-refractivity contribution is 7.64. The molecule has 5 atom stereocenters. The molecule has 0 radical (unpaired) electrons. The Hall–Kier alpha value is 0.230. The molecule has 1 aliphatic heterocycles. The zero-order chi connectivity index (χ0) is 10.1. The van der Waals surface area contributed by atoms with E-state index >= 15 is 0 Å². The molecule has 0 amide bonds. The van der Waals surface area contributed by atoms with Crippen LogP contribution in [-0.2, 0) is 4.57 Å². The lowest BCUT2D eigenvalue weighted by atomic mass is 9.45. The molecule has 0 aromatic rings. The summed E-state index contributed by atoms with van der Waals surface area (Å²) in [5.41, 5.74) is 1.20. The van der Waals surface area contributed by atoms with Gasteiger partial charge in [0.2, 0.25) is 0 Å². The Morgan fingerprint density at radius 1 is 1.29 bits per heavy atom. The average Bonchev–Trinajstić information content (AvgIpc) is 2.42. The first-order chi connectivity index (χ1) is 6.43. The van der Waals surface area contributed by atoms with E-state index in [0.29, 0.717) is 11.1 Å². The van der Waals surface area contributed by atoms with E-state index in [1.165, 1.54) is 19.3 Å². The van der Waals surface area contributed by atoms with Gasteiger partial charge in [0.1, 0.15) is 0 Å². The molecule has 4 fully saturated rings. The third kappa shape index (κ3) is 0.953. The van der Waals surface area contributed by atoms with Gasteiger partial charge in [0, 0.05) is 11.8 Å². The molecule has 1 nitrogen and oxygen atoms in total. The molecule has 2 bridgehead atoms. The van der Waals surface area contributed by atoms with E-state index in [-0.39, 0.29) is 0 Å². The van der Waals surface area contributed by atoms with E-state index in [9.17, 15) is 4.57 Å². The zero-order valence-corrected chi connectivity index (χ0v) is 10.4. The van der Waals surface area contributed by atoms with Crippen LogP contribution >= 0.6 is 7.14 Å². The summed E-state index contributed by atoms with van der Waals surface area (Å²) < 4.78 is 12.4. The van der Waals surface area contributed by atoms with Crippen LogP contribution in [0.3, 0.4) is 0 Å². The molecule has 14 heavy (non-hydrogen) atoms. The van der Waals surface area contributed by atoms with Gasteiger partial charge in [0.15, 0.2) is 0 Å². The topological polar surface area (TPSA) is 17.1 Å². The van der Waals surface area contributed by atoms with Gasteiger partial charge < -0.3 is 4.57 Å². The molecule has 3 aliphatic carbocycles. The monoisotopic (exact) mass is 212 g/mol. The second-order valence-corrected chi connectivity index (χ2v) is 9.97. The molecule has 4 aliphatic rings. The molecule has 4 rings (SSSR count). The molecular weight excluding hydrogens is 191 g/mol. The normalized spacial score (nSPS) is 59.1. The van der Waals surface area contributed by atoms with Gasteiger partial charge in [0.25, 0.3) is 0 Å². The zero-order valence-electron chi connectivity index (χ0n) is 9.49. The minimum atomic E-state index is -1.74. The minimum Gasteiger partial charge on any atom is -0.324 e. The molecule has 1 saturated heterocycles. The van der Waals surface area contributed by atoms with E-state index in [1.54, 1.807) is 0 Å². The fourth-order valence-corrected chi connectivity index (χ4v) is 7.52. The summed E-state index contributed by atoms with van der Waals surface area (Å²) in [7, 11) is -1.74. The number of hydrogen-bond donors (Lipinski definition) is 0. The van der Waals surface area contributed by atoms with E-state index in [0.717, 1.165) is 23.9 Å². The lowest BCUT2D eigenvalue weighted by Gasteiger charge is -2.61. The van der Waals surface area contributed by atoms with Crippen molar-refractivity contribution >= 4 is 7.14 Å². The van der Waals surface area contributed by atoms with Gasteiger partial charge in [-0.3, -0.25) is 0 Å². The Bertz CT molecular complexity index is 320. The largest absolute Gasteiger partial charge is 0.324 e. The van der Waals surface area contributed by atoms with Crippen LogP contribution < -0.4 is 0 Å². The molecule has 0 aromatic carbocycles. The van der Waals surface area contributed by atoms with E-state index in [4.69, 9.17) is 0 Å². The quantitative estimate of drug-likeness (QED) is 0.562. The van der Waals surface area contributed by atoms with Crippen LogP contribution in [0.5, 0.6) is 0 Å². The maximum atomic E-state index is 12.4. The third-order valence-electron chi connectivity index (χ3n) is 5.69. The summed E-state index contributed by atoms with van der Waals surface area (Å²) in [6, 6.07) is 0. The summed E-state index contributed by atoms with van der Waals surface area (Å²) in [6.07, 6.45) is 5.02. The van der Waals surface area contributed by atoms with Crippen molar-refractivity contribution < 1.29 is 4.57 Å². The van der Waals surface area contributed by atoms with Crippen LogP contribution in [0.25, 0.3) is 0 Å². The Kier molecular flexibility index (Phi) is 1.68. The van der Waals surface area contributed by atoms with Gasteiger partial charge in [0.05, 0.1) is 7.14 Å². The van der Waals surface area contributed by atoms with Crippen LogP contribution in [0.1, 0.15) is 33.1 Å². The molecule has 3 saturated carbocycles. The summed E-state index contributed by atoms with van der Waals surface area (Å²) in [4.78, 5) is 0. The van der Waals surface area contributed by atoms with Crippen molar-refractivity contribution in [2.24, 2.45) is 23.2 Å². The first-order valence-corrected chi connectivity index (χ1v) is 8.40. The van der Waals surface area contributed by atoms with Crippen molar-refractivity contribution in [1.29, 1.82) is 0 Å². The number of rotatable bonds is 0. The van der Waals surface area contributed by atoms with E-state index in [1.807, 2.05) is 0 Å². The highest BCUT2D eigenvalue weighted by atomic mass is 31.2. The fourth-order valence-electron chi connectivity index (χ4n) is 4.51. The molecule has 1 heterocycles. The van der Waals surface area contributed by atoms with Gasteiger partial charge in [-0.25, -0.2) is 0 Å². The molecule has 2 heteroatoms. The van der Waals surface area contributed by atoms with E-state index in [2.05, 4.69) is 20.5 Å². The van der Waals surface area contributed by atoms with Gasteiger partial charge in [-0.1, -0.05) is 13.8 Å². The molecular formula is C12H21OP. The van der Waals surface area contributed by atoms with Crippen molar-refractivity contribution in [3.05, 3.63) is 0 Å². The lowest BCUT2D eigenvalue weighted by Crippen LogP contribution is -2.55. The average molecular weight is 212 g/mol. The lowest BCUT2D eigenvalue weighted by molar-refractivity contribution is -0.0991. The number of hydrogen-bond acceptors (Lipinski definition) is 1. The predicted octanol–water partition coefficient (Wildman–Crippen LogP) is 3.43. The summed E-state index contributed by atoms with van der Waals surface area (Å²) in [5.74, 6) is 2.62. The standard InChI is InChI=1S/C12H21OP/c1-12(2)8-6-10(12)9-4-5-14(3,13)11(9)7-8/h8-11H,4-7H2,1-3H3. The van der Waals surface area contributed by atoms with Crippen LogP contribution in [0.4, 0.5) is 0 Å². The molecule has 80 valence electrons. The Balaban J connectivity index is 1.93. The van der Waals surface area contributed by atoms with Gasteiger partial charge in [-0.05, 0) is 49.1 Å². The van der Waals surface area contributed by atoms with Crippen molar-refractivity contribution in [1.82, 2.24) is 0 Å². The van der Waals surface area contributed by atoms with Crippen molar-refractivity contribution in [3.63, 3.8) is 0 Å². The highest BCUT2D eigenvalue weighted by Crippen LogP contribution is 2.72. The van der Waals surface area contributed by atoms with Crippen LogP contribution in [0.15, 0.2) is 0 Å². The Labute approximate surface area is 87.0 Å². The maximum absolute atomic E-state index is 12.4. The summed E-state index contributed by atoms with van der Waals surface area (Å²) in [5, 5.41) is 0. The second kappa shape index (κ2) is 2.48. The molecule has 0 N–H and O–H groups in total. The van der Waals surface area contributed by atoms with Crippen LogP contribution in [0.2, 0.25) is 0 Å². The maximum Gasteiger partial charge on any atom is 0.0880 e. The third-order valence-corrected chi connectivity index (χ3v) is 8.83. The minimum absolute atomic E-state index is 0.575. The van der Waals surface area contributed by atoms with Crippen molar-refractivity contribution in [2.45, 2.75) is 38.8 Å². The molecule has 0 aromatic heterocycles. The van der Waals surface area contributed by atoms with Gasteiger partial charge in [-0.15, -0.1) is 0 Å². The molecule has 5 unspecified atom stereocenters. The van der Waals surface area contributed by atoms with Gasteiger partial charge >= 0.3 is 0 Å². The summed E-state index contributed by atoms with van der Waals surface area (Å²) >= 11 is 0. The smallest absolute Gasteiger partial charge is 0.0880 e. The molecule has 0 spiro atoms. The van der Waals surface area contributed by atoms with Crippen molar-refractivity contribution in [3.8, 4) is 0 Å². The summed E-state index contributed by atoms with van der Waals surface area (Å²) in [6.45, 7) is 6.93. The Morgan fingerprint density at radius 3 is 2.64 bits per heavy atom. The Morgan fingerprint density at radius 2 is 2.00 bits per heavy atom. The predicted molar refractivity (Wildman–Crippen MR) is 60.3 cm³/mol. The fraction of sp³-hybridized carbons (Fsp3) is 1.00. The first kappa shape index (κ1) is 9.46.